The molecule has 0 aliphatic carbocycles. The molecule has 4 nitrogen and oxygen atoms in total. The molecule has 82 valence electrons. The Morgan fingerprint density at radius 1 is 1.31 bits per heavy atom. The molecular weight excluding hydrogens is 268 g/mol. The van der Waals surface area contributed by atoms with Crippen molar-refractivity contribution in [1.29, 1.82) is 0 Å². The van der Waals surface area contributed by atoms with Gasteiger partial charge in [-0.1, -0.05) is 6.07 Å². The van der Waals surface area contributed by atoms with Crippen molar-refractivity contribution in [3.05, 3.63) is 47.0 Å². The Morgan fingerprint density at radius 3 is 2.88 bits per heavy atom. The van der Waals surface area contributed by atoms with Crippen molar-refractivity contribution in [3.63, 3.8) is 0 Å². The summed E-state index contributed by atoms with van der Waals surface area (Å²) in [5.74, 6) is 0. The van der Waals surface area contributed by atoms with Crippen LogP contribution < -0.4 is 11.1 Å². The molecule has 0 atom stereocenters. The molecule has 0 fully saturated rings. The highest BCUT2D eigenvalue weighted by Gasteiger charge is 2.04. The van der Waals surface area contributed by atoms with Crippen LogP contribution >= 0.6 is 15.9 Å². The van der Waals surface area contributed by atoms with Crippen LogP contribution in [0.4, 0.5) is 11.4 Å². The minimum Gasteiger partial charge on any atom is -0.396 e. The average Bonchev–Trinajstić information content (AvgIpc) is 2.30. The summed E-state index contributed by atoms with van der Waals surface area (Å²) in [7, 11) is 0. The Bertz CT molecular complexity index is 452. The molecule has 2 heterocycles. The summed E-state index contributed by atoms with van der Waals surface area (Å²) >= 11 is 3.40. The van der Waals surface area contributed by atoms with E-state index in [2.05, 4.69) is 31.2 Å². The Balaban J connectivity index is 2.11. The number of nitrogens with zero attached hydrogens (tertiary/aromatic N) is 2. The smallest absolute Gasteiger partial charge is 0.0753 e. The second-order valence-electron chi connectivity index (χ2n) is 3.26. The topological polar surface area (TPSA) is 63.8 Å². The monoisotopic (exact) mass is 278 g/mol. The maximum Gasteiger partial charge on any atom is 0.0753 e. The quantitative estimate of drug-likeness (QED) is 0.905. The van der Waals surface area contributed by atoms with Gasteiger partial charge in [0.1, 0.15) is 0 Å². The van der Waals surface area contributed by atoms with E-state index in [9.17, 15) is 0 Å². The first kappa shape index (κ1) is 10.9. The van der Waals surface area contributed by atoms with Gasteiger partial charge in [-0.3, -0.25) is 9.97 Å². The first-order valence-corrected chi connectivity index (χ1v) is 5.59. The highest BCUT2D eigenvalue weighted by Crippen LogP contribution is 2.27. The van der Waals surface area contributed by atoms with Gasteiger partial charge in [0.05, 0.1) is 34.3 Å². The lowest BCUT2D eigenvalue weighted by molar-refractivity contribution is 1.04. The van der Waals surface area contributed by atoms with Crippen molar-refractivity contribution in [2.24, 2.45) is 0 Å². The van der Waals surface area contributed by atoms with Crippen molar-refractivity contribution < 1.29 is 0 Å². The van der Waals surface area contributed by atoms with Crippen molar-refractivity contribution in [2.45, 2.75) is 6.54 Å². The minimum absolute atomic E-state index is 0.616. The number of hydrogen-bond donors (Lipinski definition) is 2. The number of hydrogen-bond acceptors (Lipinski definition) is 4. The number of halogens is 1. The number of rotatable bonds is 3. The van der Waals surface area contributed by atoms with Crippen LogP contribution in [-0.2, 0) is 6.54 Å². The van der Waals surface area contributed by atoms with E-state index in [1.807, 2.05) is 18.2 Å². The van der Waals surface area contributed by atoms with Crippen LogP contribution in [0.25, 0.3) is 0 Å². The fourth-order valence-electron chi connectivity index (χ4n) is 1.32. The van der Waals surface area contributed by atoms with Crippen LogP contribution in [0.15, 0.2) is 41.3 Å². The molecule has 2 aromatic rings. The summed E-state index contributed by atoms with van der Waals surface area (Å²) in [6.45, 7) is 0.633. The van der Waals surface area contributed by atoms with E-state index in [1.165, 1.54) is 0 Å². The highest BCUT2D eigenvalue weighted by atomic mass is 79.9. The fraction of sp³-hybridized carbons (Fsp3) is 0.0909. The van der Waals surface area contributed by atoms with Crippen LogP contribution in [0, 0.1) is 0 Å². The van der Waals surface area contributed by atoms with E-state index in [0.717, 1.165) is 15.9 Å². The molecule has 0 radical (unpaired) electrons. The van der Waals surface area contributed by atoms with E-state index >= 15 is 0 Å². The van der Waals surface area contributed by atoms with Crippen molar-refractivity contribution in [3.8, 4) is 0 Å². The van der Waals surface area contributed by atoms with Gasteiger partial charge in [0, 0.05) is 12.4 Å². The third-order valence-corrected chi connectivity index (χ3v) is 2.70. The largest absolute Gasteiger partial charge is 0.396 e. The minimum atomic E-state index is 0.616. The van der Waals surface area contributed by atoms with Gasteiger partial charge in [0.15, 0.2) is 0 Å². The van der Waals surface area contributed by atoms with Crippen molar-refractivity contribution in [1.82, 2.24) is 9.97 Å². The zero-order valence-electron chi connectivity index (χ0n) is 8.52. The fourth-order valence-corrected chi connectivity index (χ4v) is 1.81. The van der Waals surface area contributed by atoms with E-state index in [-0.39, 0.29) is 0 Å². The van der Waals surface area contributed by atoms with E-state index in [4.69, 9.17) is 5.73 Å². The molecule has 0 amide bonds. The lowest BCUT2D eigenvalue weighted by Crippen LogP contribution is -2.04. The predicted octanol–water partition coefficient (Wildman–Crippen LogP) is 2.43. The SMILES string of the molecule is Nc1cncc(Br)c1NCc1ccccn1. The second kappa shape index (κ2) is 4.94. The van der Waals surface area contributed by atoms with Gasteiger partial charge in [-0.25, -0.2) is 0 Å². The van der Waals surface area contributed by atoms with Gasteiger partial charge >= 0.3 is 0 Å². The molecule has 0 spiro atoms. The molecule has 0 saturated carbocycles. The molecule has 5 heteroatoms. The van der Waals surface area contributed by atoms with E-state index in [1.54, 1.807) is 18.6 Å². The summed E-state index contributed by atoms with van der Waals surface area (Å²) in [6, 6.07) is 5.80. The maximum atomic E-state index is 5.81. The third-order valence-electron chi connectivity index (χ3n) is 2.10. The van der Waals surface area contributed by atoms with Crippen LogP contribution in [0.1, 0.15) is 5.69 Å². The summed E-state index contributed by atoms with van der Waals surface area (Å²) in [5.41, 5.74) is 8.24. The van der Waals surface area contributed by atoms with Crippen molar-refractivity contribution >= 4 is 27.3 Å². The summed E-state index contributed by atoms with van der Waals surface area (Å²) in [4.78, 5) is 8.19. The molecule has 2 aromatic heterocycles. The molecular formula is C11H11BrN4. The zero-order chi connectivity index (χ0) is 11.4. The van der Waals surface area contributed by atoms with Gasteiger partial charge in [0.25, 0.3) is 0 Å². The second-order valence-corrected chi connectivity index (χ2v) is 4.11. The van der Waals surface area contributed by atoms with Gasteiger partial charge in [-0.15, -0.1) is 0 Å². The molecule has 0 bridgehead atoms. The molecule has 0 aromatic carbocycles. The standard InChI is InChI=1S/C11H11BrN4/c12-9-6-14-7-10(13)11(9)16-5-8-3-1-2-4-15-8/h1-4,6-7H,5,13H2,(H,14,16). The number of anilines is 2. The summed E-state index contributed by atoms with van der Waals surface area (Å²) < 4.78 is 0.850. The van der Waals surface area contributed by atoms with E-state index in [0.29, 0.717) is 12.2 Å². The van der Waals surface area contributed by atoms with Crippen molar-refractivity contribution in [2.75, 3.05) is 11.1 Å². The zero-order valence-corrected chi connectivity index (χ0v) is 10.1. The number of aromatic nitrogens is 2. The van der Waals surface area contributed by atoms with Gasteiger partial charge in [-0.05, 0) is 28.1 Å². The normalized spacial score (nSPS) is 10.1. The Kier molecular flexibility index (Phi) is 3.36. The first-order chi connectivity index (χ1) is 7.77. The Labute approximate surface area is 102 Å². The first-order valence-electron chi connectivity index (χ1n) is 4.80. The average molecular weight is 279 g/mol. The number of nitrogens with one attached hydrogen (secondary N) is 1. The predicted molar refractivity (Wildman–Crippen MR) is 67.9 cm³/mol. The lowest BCUT2D eigenvalue weighted by atomic mass is 10.3. The molecule has 0 unspecified atom stereocenters. The Morgan fingerprint density at radius 2 is 2.19 bits per heavy atom. The van der Waals surface area contributed by atoms with Gasteiger partial charge < -0.3 is 11.1 Å². The number of nitrogen functional groups attached to an aromatic ring is 1. The van der Waals surface area contributed by atoms with Gasteiger partial charge in [-0.2, -0.15) is 0 Å². The van der Waals surface area contributed by atoms with Gasteiger partial charge in [0.2, 0.25) is 0 Å². The maximum absolute atomic E-state index is 5.81. The summed E-state index contributed by atoms with van der Waals surface area (Å²) in [5, 5.41) is 3.22. The molecule has 0 aliphatic rings. The Hall–Kier alpha value is -1.62. The lowest BCUT2D eigenvalue weighted by Gasteiger charge is -2.10. The van der Waals surface area contributed by atoms with Crippen LogP contribution in [0.2, 0.25) is 0 Å². The summed E-state index contributed by atoms with van der Waals surface area (Å²) in [6.07, 6.45) is 5.09. The molecule has 16 heavy (non-hydrogen) atoms. The molecule has 3 N–H and O–H groups in total. The molecule has 0 aliphatic heterocycles. The van der Waals surface area contributed by atoms with Crippen LogP contribution in [0.3, 0.4) is 0 Å². The van der Waals surface area contributed by atoms with Crippen LogP contribution in [-0.4, -0.2) is 9.97 Å². The molecule has 0 saturated heterocycles. The molecule has 2 rings (SSSR count). The van der Waals surface area contributed by atoms with Crippen LogP contribution in [0.5, 0.6) is 0 Å². The third kappa shape index (κ3) is 2.49. The number of nitrogens with two attached hydrogens (primary N) is 1. The number of pyridine rings is 2. The highest BCUT2D eigenvalue weighted by molar-refractivity contribution is 9.10. The van der Waals surface area contributed by atoms with E-state index < -0.39 is 0 Å².